The molecule has 17 heavy (non-hydrogen) atoms. The van der Waals surface area contributed by atoms with Gasteiger partial charge in [0.1, 0.15) is 0 Å². The van der Waals surface area contributed by atoms with Gasteiger partial charge in [-0.05, 0) is 24.4 Å². The fraction of sp³-hybridized carbons (Fsp3) is 0.273. The van der Waals surface area contributed by atoms with Gasteiger partial charge in [-0.1, -0.05) is 0 Å². The van der Waals surface area contributed by atoms with Crippen LogP contribution in [0.3, 0.4) is 0 Å². The van der Waals surface area contributed by atoms with Gasteiger partial charge in [-0.25, -0.2) is 9.18 Å². The summed E-state index contributed by atoms with van der Waals surface area (Å²) in [7, 11) is 0. The highest BCUT2D eigenvalue weighted by atomic mass is 32.1. The lowest BCUT2D eigenvalue weighted by Crippen LogP contribution is -2.27. The van der Waals surface area contributed by atoms with Crippen LogP contribution in [0.4, 0.5) is 4.39 Å². The number of hydrogen-bond acceptors (Lipinski definition) is 4. The van der Waals surface area contributed by atoms with Crippen molar-refractivity contribution in [3.05, 3.63) is 34.1 Å². The number of alkyl halides is 1. The standard InChI is InChI=1S/C11H10FNO3S/c1-2-16-11(15)9(12)13-5-3-8-7(10(13)14)4-6-17-8/h3-6,9H,2H2,1H3. The average molecular weight is 255 g/mol. The Hall–Kier alpha value is -1.69. The van der Waals surface area contributed by atoms with Crippen molar-refractivity contribution in [2.24, 2.45) is 0 Å². The van der Waals surface area contributed by atoms with Crippen LogP contribution in [0.2, 0.25) is 0 Å². The number of halogens is 1. The first-order chi connectivity index (χ1) is 8.15. The Balaban J connectivity index is 2.45. The molecule has 2 aromatic heterocycles. The summed E-state index contributed by atoms with van der Waals surface area (Å²) in [5.41, 5.74) is -0.524. The van der Waals surface area contributed by atoms with Gasteiger partial charge in [0.15, 0.2) is 0 Å². The molecule has 0 saturated carbocycles. The fourth-order valence-corrected chi connectivity index (χ4v) is 2.26. The number of thiophene rings is 1. The second kappa shape index (κ2) is 4.67. The summed E-state index contributed by atoms with van der Waals surface area (Å²) < 4.78 is 19.7. The molecule has 0 radical (unpaired) electrons. The lowest BCUT2D eigenvalue weighted by atomic mass is 10.3. The number of rotatable bonds is 3. The summed E-state index contributed by atoms with van der Waals surface area (Å²) in [5.74, 6) is -1.05. The molecule has 6 heteroatoms. The van der Waals surface area contributed by atoms with Crippen molar-refractivity contribution in [2.75, 3.05) is 6.61 Å². The number of pyridine rings is 1. The Bertz CT molecular complexity index is 604. The van der Waals surface area contributed by atoms with E-state index in [1.54, 1.807) is 24.4 Å². The first-order valence-electron chi connectivity index (χ1n) is 5.04. The molecule has 0 aliphatic carbocycles. The second-order valence-electron chi connectivity index (χ2n) is 3.31. The average Bonchev–Trinajstić information content (AvgIpc) is 2.78. The second-order valence-corrected chi connectivity index (χ2v) is 4.26. The van der Waals surface area contributed by atoms with Crippen molar-refractivity contribution < 1.29 is 13.9 Å². The summed E-state index contributed by atoms with van der Waals surface area (Å²) >= 11 is 1.39. The van der Waals surface area contributed by atoms with E-state index in [1.807, 2.05) is 0 Å². The van der Waals surface area contributed by atoms with Gasteiger partial charge < -0.3 is 4.74 Å². The number of hydrogen-bond donors (Lipinski definition) is 0. The third kappa shape index (κ3) is 2.08. The molecule has 0 saturated heterocycles. The molecule has 0 bridgehead atoms. The normalized spacial score (nSPS) is 12.6. The highest BCUT2D eigenvalue weighted by Gasteiger charge is 2.22. The maximum absolute atomic E-state index is 13.7. The Morgan fingerprint density at radius 2 is 2.35 bits per heavy atom. The zero-order chi connectivity index (χ0) is 12.4. The third-order valence-corrected chi connectivity index (χ3v) is 3.15. The molecule has 0 N–H and O–H groups in total. The van der Waals surface area contributed by atoms with E-state index in [9.17, 15) is 14.0 Å². The molecule has 0 aliphatic heterocycles. The van der Waals surface area contributed by atoms with E-state index >= 15 is 0 Å². The molecule has 0 amide bonds. The quantitative estimate of drug-likeness (QED) is 0.789. The van der Waals surface area contributed by atoms with Gasteiger partial charge in [0.2, 0.25) is 0 Å². The van der Waals surface area contributed by atoms with Crippen LogP contribution in [0.5, 0.6) is 0 Å². The summed E-state index contributed by atoms with van der Waals surface area (Å²) in [6.07, 6.45) is -0.824. The Morgan fingerprint density at radius 3 is 3.06 bits per heavy atom. The Morgan fingerprint density at radius 1 is 1.59 bits per heavy atom. The van der Waals surface area contributed by atoms with Gasteiger partial charge in [-0.15, -0.1) is 11.3 Å². The van der Waals surface area contributed by atoms with E-state index in [4.69, 9.17) is 0 Å². The number of esters is 1. The SMILES string of the molecule is CCOC(=O)C(F)n1ccc2sccc2c1=O. The van der Waals surface area contributed by atoms with Crippen molar-refractivity contribution in [3.63, 3.8) is 0 Å². The lowest BCUT2D eigenvalue weighted by Gasteiger charge is -2.10. The molecule has 0 fully saturated rings. The molecule has 2 heterocycles. The van der Waals surface area contributed by atoms with Gasteiger partial charge in [0.25, 0.3) is 11.9 Å². The molecule has 90 valence electrons. The number of ether oxygens (including phenoxy) is 1. The fourth-order valence-electron chi connectivity index (χ4n) is 1.48. The summed E-state index contributed by atoms with van der Waals surface area (Å²) in [5, 5.41) is 2.15. The van der Waals surface area contributed by atoms with E-state index in [-0.39, 0.29) is 6.61 Å². The minimum atomic E-state index is -2.09. The molecule has 0 aliphatic rings. The molecule has 0 aromatic carbocycles. The van der Waals surface area contributed by atoms with Gasteiger partial charge in [0.05, 0.1) is 12.0 Å². The van der Waals surface area contributed by atoms with Crippen LogP contribution in [0.15, 0.2) is 28.5 Å². The zero-order valence-corrected chi connectivity index (χ0v) is 9.87. The van der Waals surface area contributed by atoms with E-state index in [2.05, 4.69) is 4.74 Å². The molecule has 2 rings (SSSR count). The van der Waals surface area contributed by atoms with Crippen molar-refractivity contribution in [2.45, 2.75) is 13.2 Å². The van der Waals surface area contributed by atoms with Crippen LogP contribution in [-0.2, 0) is 9.53 Å². The molecular formula is C11H10FNO3S. The van der Waals surface area contributed by atoms with Gasteiger partial charge >= 0.3 is 5.97 Å². The monoisotopic (exact) mass is 255 g/mol. The lowest BCUT2D eigenvalue weighted by molar-refractivity contribution is -0.152. The summed E-state index contributed by atoms with van der Waals surface area (Å²) in [6.45, 7) is 1.66. The largest absolute Gasteiger partial charge is 0.462 e. The molecule has 2 aromatic rings. The first kappa shape index (κ1) is 11.8. The smallest absolute Gasteiger partial charge is 0.362 e. The predicted molar refractivity (Wildman–Crippen MR) is 62.9 cm³/mol. The topological polar surface area (TPSA) is 48.3 Å². The van der Waals surface area contributed by atoms with E-state index in [0.29, 0.717) is 5.39 Å². The number of nitrogens with zero attached hydrogens (tertiary/aromatic N) is 1. The van der Waals surface area contributed by atoms with E-state index < -0.39 is 17.8 Å². The van der Waals surface area contributed by atoms with Gasteiger partial charge in [-0.3, -0.25) is 9.36 Å². The van der Waals surface area contributed by atoms with Gasteiger partial charge in [-0.2, -0.15) is 0 Å². The molecule has 4 nitrogen and oxygen atoms in total. The van der Waals surface area contributed by atoms with Gasteiger partial charge in [0, 0.05) is 10.9 Å². The van der Waals surface area contributed by atoms with Crippen LogP contribution in [0.1, 0.15) is 13.2 Å². The molecular weight excluding hydrogens is 245 g/mol. The zero-order valence-electron chi connectivity index (χ0n) is 9.05. The van der Waals surface area contributed by atoms with Crippen LogP contribution in [-0.4, -0.2) is 17.1 Å². The van der Waals surface area contributed by atoms with Crippen LogP contribution >= 0.6 is 11.3 Å². The third-order valence-electron chi connectivity index (χ3n) is 2.27. The van der Waals surface area contributed by atoms with Crippen molar-refractivity contribution in [1.29, 1.82) is 0 Å². The van der Waals surface area contributed by atoms with Crippen molar-refractivity contribution in [1.82, 2.24) is 4.57 Å². The minimum absolute atomic E-state index is 0.0781. The Kier molecular flexibility index (Phi) is 3.23. The van der Waals surface area contributed by atoms with E-state index in [0.717, 1.165) is 9.27 Å². The number of fused-ring (bicyclic) bond motifs is 1. The predicted octanol–water partition coefficient (Wildman–Crippen LogP) is 2.09. The highest BCUT2D eigenvalue weighted by Crippen LogP contribution is 2.18. The highest BCUT2D eigenvalue weighted by molar-refractivity contribution is 7.17. The number of carbonyl (C=O) groups excluding carboxylic acids is 1. The minimum Gasteiger partial charge on any atom is -0.462 e. The molecule has 0 spiro atoms. The molecule has 1 unspecified atom stereocenters. The van der Waals surface area contributed by atoms with Crippen LogP contribution in [0.25, 0.3) is 10.1 Å². The first-order valence-corrected chi connectivity index (χ1v) is 5.92. The summed E-state index contributed by atoms with van der Waals surface area (Å²) in [6, 6.07) is 3.21. The maximum Gasteiger partial charge on any atom is 0.362 e. The van der Waals surface area contributed by atoms with Crippen molar-refractivity contribution >= 4 is 27.4 Å². The van der Waals surface area contributed by atoms with Crippen molar-refractivity contribution in [3.8, 4) is 0 Å². The maximum atomic E-state index is 13.7. The Labute approximate surface area is 100 Å². The molecule has 1 atom stereocenters. The van der Waals surface area contributed by atoms with Crippen LogP contribution < -0.4 is 5.56 Å². The van der Waals surface area contributed by atoms with E-state index in [1.165, 1.54) is 17.5 Å². The number of carbonyl (C=O) groups is 1. The summed E-state index contributed by atoms with van der Waals surface area (Å²) in [4.78, 5) is 23.1. The van der Waals surface area contributed by atoms with Crippen LogP contribution in [0, 0.1) is 0 Å². The number of aromatic nitrogens is 1.